The first-order valence-electron chi connectivity index (χ1n) is 10.7. The fourth-order valence-corrected chi connectivity index (χ4v) is 3.99. The highest BCUT2D eigenvalue weighted by Gasteiger charge is 1.98. The summed E-state index contributed by atoms with van der Waals surface area (Å²) in [6, 6.07) is 36.8. The van der Waals surface area contributed by atoms with Crippen LogP contribution in [-0.4, -0.2) is 0 Å². The van der Waals surface area contributed by atoms with Crippen LogP contribution < -0.4 is 0 Å². The molecule has 0 spiro atoms. The van der Waals surface area contributed by atoms with Crippen molar-refractivity contribution in [1.82, 2.24) is 0 Å². The van der Waals surface area contributed by atoms with Crippen LogP contribution in [0.25, 0.3) is 45.8 Å². The Balaban J connectivity index is 1.34. The minimum Gasteiger partial charge on any atom is -0.0616 e. The molecule has 0 bridgehead atoms. The maximum absolute atomic E-state index is 2.25. The van der Waals surface area contributed by atoms with E-state index in [1.165, 1.54) is 49.4 Å². The molecule has 0 amide bonds. The molecule has 0 saturated heterocycles. The van der Waals surface area contributed by atoms with Gasteiger partial charge in [0.05, 0.1) is 0 Å². The van der Waals surface area contributed by atoms with Crippen molar-refractivity contribution < 1.29 is 0 Å². The Labute approximate surface area is 183 Å². The number of hydrogen-bond donors (Lipinski definition) is 0. The summed E-state index contributed by atoms with van der Waals surface area (Å²) in [5.74, 6) is 0. The first-order valence-corrected chi connectivity index (χ1v) is 10.7. The molecule has 0 aliphatic rings. The van der Waals surface area contributed by atoms with Crippen LogP contribution >= 0.6 is 0 Å². The molecule has 0 aromatic heterocycles. The molecule has 0 unspecified atom stereocenters. The Morgan fingerprint density at radius 2 is 0.871 bits per heavy atom. The summed E-state index contributed by atoms with van der Waals surface area (Å²) in [7, 11) is 0. The molecule has 0 heterocycles. The quantitative estimate of drug-likeness (QED) is 0.267. The van der Waals surface area contributed by atoms with Gasteiger partial charge >= 0.3 is 0 Å². The molecule has 148 valence electrons. The maximum atomic E-state index is 2.25. The Morgan fingerprint density at radius 1 is 0.419 bits per heavy atom. The van der Waals surface area contributed by atoms with Crippen LogP contribution in [0.1, 0.15) is 27.8 Å². The van der Waals surface area contributed by atoms with Gasteiger partial charge in [-0.25, -0.2) is 0 Å². The lowest BCUT2D eigenvalue weighted by Crippen LogP contribution is -1.83. The van der Waals surface area contributed by atoms with Crippen LogP contribution in [0.5, 0.6) is 0 Å². The molecule has 0 atom stereocenters. The van der Waals surface area contributed by atoms with Crippen molar-refractivity contribution in [1.29, 1.82) is 0 Å². The standard InChI is InChI=1S/C31H24/c1-23-20-24(10-11-25-14-18-28-6-2-4-8-30(28)21-25)12-16-27(23)17-13-26-15-19-29-7-3-5-9-31(29)22-26/h2-22H,1H3. The van der Waals surface area contributed by atoms with Crippen molar-refractivity contribution in [3.8, 4) is 0 Å². The molecule has 0 saturated carbocycles. The van der Waals surface area contributed by atoms with Crippen molar-refractivity contribution in [2.24, 2.45) is 0 Å². The smallest absolute Gasteiger partial charge is 0.0178 e. The van der Waals surface area contributed by atoms with Gasteiger partial charge in [0.25, 0.3) is 0 Å². The second kappa shape index (κ2) is 8.45. The van der Waals surface area contributed by atoms with Crippen LogP contribution in [0.4, 0.5) is 0 Å². The van der Waals surface area contributed by atoms with Gasteiger partial charge in [0.15, 0.2) is 0 Å². The molecule has 5 aromatic rings. The predicted molar refractivity (Wildman–Crippen MR) is 137 cm³/mol. The zero-order valence-electron chi connectivity index (χ0n) is 17.6. The molecule has 0 heteroatoms. The number of aryl methyl sites for hydroxylation is 1. The van der Waals surface area contributed by atoms with E-state index in [0.29, 0.717) is 0 Å². The predicted octanol–water partition coefficient (Wildman–Crippen LogP) is 8.64. The lowest BCUT2D eigenvalue weighted by atomic mass is 10.0. The van der Waals surface area contributed by atoms with Gasteiger partial charge in [0, 0.05) is 0 Å². The summed E-state index contributed by atoms with van der Waals surface area (Å²) in [5, 5.41) is 5.10. The fourth-order valence-electron chi connectivity index (χ4n) is 3.99. The largest absolute Gasteiger partial charge is 0.0616 e. The average Bonchev–Trinajstić information content (AvgIpc) is 2.82. The van der Waals surface area contributed by atoms with Crippen molar-refractivity contribution in [2.45, 2.75) is 6.92 Å². The van der Waals surface area contributed by atoms with E-state index in [0.717, 1.165) is 0 Å². The number of rotatable bonds is 4. The molecule has 0 aliphatic heterocycles. The lowest BCUT2D eigenvalue weighted by molar-refractivity contribution is 1.43. The van der Waals surface area contributed by atoms with Crippen LogP contribution in [0.15, 0.2) is 103 Å². The molecule has 0 radical (unpaired) electrons. The Bertz CT molecular complexity index is 1430. The summed E-state index contributed by atoms with van der Waals surface area (Å²) in [4.78, 5) is 0. The van der Waals surface area contributed by atoms with Gasteiger partial charge in [0.1, 0.15) is 0 Å². The topological polar surface area (TPSA) is 0 Å². The number of fused-ring (bicyclic) bond motifs is 2. The van der Waals surface area contributed by atoms with E-state index in [2.05, 4.69) is 134 Å². The van der Waals surface area contributed by atoms with Crippen LogP contribution in [0, 0.1) is 6.92 Å². The van der Waals surface area contributed by atoms with E-state index < -0.39 is 0 Å². The highest BCUT2D eigenvalue weighted by Crippen LogP contribution is 2.21. The van der Waals surface area contributed by atoms with Crippen LogP contribution in [-0.2, 0) is 0 Å². The molecule has 0 fully saturated rings. The fraction of sp³-hybridized carbons (Fsp3) is 0.0323. The highest BCUT2D eigenvalue weighted by molar-refractivity contribution is 5.87. The van der Waals surface area contributed by atoms with Crippen molar-refractivity contribution in [3.05, 3.63) is 131 Å². The third-order valence-corrected chi connectivity index (χ3v) is 5.76. The Morgan fingerprint density at radius 3 is 1.42 bits per heavy atom. The lowest BCUT2D eigenvalue weighted by Gasteiger charge is -2.04. The second-order valence-electron chi connectivity index (χ2n) is 8.00. The summed E-state index contributed by atoms with van der Waals surface area (Å²) in [6.07, 6.45) is 8.77. The van der Waals surface area contributed by atoms with Gasteiger partial charge in [0.2, 0.25) is 0 Å². The molecule has 0 N–H and O–H groups in total. The zero-order chi connectivity index (χ0) is 21.0. The van der Waals surface area contributed by atoms with Crippen molar-refractivity contribution in [2.75, 3.05) is 0 Å². The Hall–Kier alpha value is -3.90. The summed E-state index contributed by atoms with van der Waals surface area (Å²) in [5.41, 5.74) is 6.18. The van der Waals surface area contributed by atoms with Gasteiger partial charge in [-0.3, -0.25) is 0 Å². The van der Waals surface area contributed by atoms with Crippen LogP contribution in [0.3, 0.4) is 0 Å². The minimum absolute atomic E-state index is 1.22. The van der Waals surface area contributed by atoms with Gasteiger partial charge < -0.3 is 0 Å². The first kappa shape index (κ1) is 19.1. The molecule has 0 nitrogen and oxygen atoms in total. The van der Waals surface area contributed by atoms with Gasteiger partial charge in [-0.2, -0.15) is 0 Å². The van der Waals surface area contributed by atoms with E-state index in [9.17, 15) is 0 Å². The summed E-state index contributed by atoms with van der Waals surface area (Å²) >= 11 is 0. The van der Waals surface area contributed by atoms with E-state index in [1.807, 2.05) is 0 Å². The maximum Gasteiger partial charge on any atom is -0.0178 e. The minimum atomic E-state index is 1.22. The molecular formula is C31H24. The van der Waals surface area contributed by atoms with E-state index in [1.54, 1.807) is 0 Å². The van der Waals surface area contributed by atoms with E-state index >= 15 is 0 Å². The molecular weight excluding hydrogens is 372 g/mol. The van der Waals surface area contributed by atoms with Gasteiger partial charge in [-0.1, -0.05) is 115 Å². The number of hydrogen-bond acceptors (Lipinski definition) is 0. The molecule has 31 heavy (non-hydrogen) atoms. The SMILES string of the molecule is Cc1cc(C=Cc2ccc3ccccc3c2)ccc1C=Cc1ccc2ccccc2c1. The first-order chi connectivity index (χ1) is 15.2. The van der Waals surface area contributed by atoms with Gasteiger partial charge in [-0.05, 0) is 68.4 Å². The molecule has 0 aliphatic carbocycles. The average molecular weight is 397 g/mol. The second-order valence-corrected chi connectivity index (χ2v) is 8.00. The van der Waals surface area contributed by atoms with Gasteiger partial charge in [-0.15, -0.1) is 0 Å². The third kappa shape index (κ3) is 4.34. The summed E-state index contributed by atoms with van der Waals surface area (Å²) < 4.78 is 0. The normalized spacial score (nSPS) is 11.8. The third-order valence-electron chi connectivity index (χ3n) is 5.76. The van der Waals surface area contributed by atoms with Crippen molar-refractivity contribution in [3.63, 3.8) is 0 Å². The van der Waals surface area contributed by atoms with E-state index in [-0.39, 0.29) is 0 Å². The molecule has 5 rings (SSSR count). The van der Waals surface area contributed by atoms with Crippen LogP contribution in [0.2, 0.25) is 0 Å². The number of benzene rings is 5. The molecule has 5 aromatic carbocycles. The summed E-state index contributed by atoms with van der Waals surface area (Å²) in [6.45, 7) is 2.17. The monoisotopic (exact) mass is 396 g/mol. The zero-order valence-corrected chi connectivity index (χ0v) is 17.6. The van der Waals surface area contributed by atoms with E-state index in [4.69, 9.17) is 0 Å². The highest BCUT2D eigenvalue weighted by atomic mass is 14.0. The Kier molecular flexibility index (Phi) is 5.21. The van der Waals surface area contributed by atoms with Crippen molar-refractivity contribution >= 4 is 45.8 Å².